The smallest absolute Gasteiger partial charge is 0.408 e. The topological polar surface area (TPSA) is 131 Å². The standard InChI is InChI=1S/C30H50N4O5/c1-9-11-12-18-34(28(37)24(16-17-25(31)35)33-29(38)39-30(6,7)8)26(27(36)32-22(5)13-10-2)23-15-14-20(3)19-21(23)4/h14-15,19,22,24,26H,9-13,16-18H2,1-8H3,(H2,31,35)(H,32,36)(H,33,38). The number of alkyl carbamates (subject to hydrolysis) is 1. The summed E-state index contributed by atoms with van der Waals surface area (Å²) in [5.41, 5.74) is 7.27. The molecule has 9 heteroatoms. The molecule has 9 nitrogen and oxygen atoms in total. The van der Waals surface area contributed by atoms with E-state index >= 15 is 0 Å². The quantitative estimate of drug-likeness (QED) is 0.271. The van der Waals surface area contributed by atoms with Gasteiger partial charge in [-0.2, -0.15) is 0 Å². The Hall–Kier alpha value is -3.10. The number of benzene rings is 1. The average molecular weight is 547 g/mol. The molecule has 220 valence electrons. The maximum Gasteiger partial charge on any atom is 0.408 e. The second-order valence-electron chi connectivity index (χ2n) is 11.4. The van der Waals surface area contributed by atoms with Gasteiger partial charge in [0, 0.05) is 19.0 Å². The highest BCUT2D eigenvalue weighted by atomic mass is 16.6. The third-order valence-corrected chi connectivity index (χ3v) is 6.34. The van der Waals surface area contributed by atoms with Crippen molar-refractivity contribution in [2.75, 3.05) is 6.54 Å². The molecule has 1 rings (SSSR count). The first-order valence-corrected chi connectivity index (χ1v) is 14.2. The summed E-state index contributed by atoms with van der Waals surface area (Å²) in [5.74, 6) is -1.33. The van der Waals surface area contributed by atoms with Crippen LogP contribution in [-0.2, 0) is 19.1 Å². The number of ether oxygens (including phenoxy) is 1. The van der Waals surface area contributed by atoms with E-state index in [9.17, 15) is 19.2 Å². The van der Waals surface area contributed by atoms with E-state index in [1.54, 1.807) is 25.7 Å². The molecule has 3 unspecified atom stereocenters. The molecule has 0 saturated carbocycles. The molecule has 1 aromatic rings. The largest absolute Gasteiger partial charge is 0.444 e. The number of rotatable bonds is 15. The molecule has 1 aromatic carbocycles. The Morgan fingerprint density at radius 2 is 1.67 bits per heavy atom. The van der Waals surface area contributed by atoms with E-state index in [1.807, 2.05) is 39.0 Å². The monoisotopic (exact) mass is 546 g/mol. The lowest BCUT2D eigenvalue weighted by Crippen LogP contribution is -2.54. The van der Waals surface area contributed by atoms with Gasteiger partial charge in [-0.25, -0.2) is 4.79 Å². The normalized spacial score (nSPS) is 13.6. The van der Waals surface area contributed by atoms with Crippen LogP contribution in [0.5, 0.6) is 0 Å². The van der Waals surface area contributed by atoms with Crippen LogP contribution in [0.1, 0.15) is 109 Å². The summed E-state index contributed by atoms with van der Waals surface area (Å²) in [5, 5.41) is 5.73. The molecule has 0 spiro atoms. The Kier molecular flexibility index (Phi) is 14.0. The van der Waals surface area contributed by atoms with Gasteiger partial charge in [0.15, 0.2) is 0 Å². The molecule has 0 saturated heterocycles. The predicted octanol–water partition coefficient (Wildman–Crippen LogP) is 4.83. The fourth-order valence-corrected chi connectivity index (χ4v) is 4.50. The first-order valence-electron chi connectivity index (χ1n) is 14.2. The number of unbranched alkanes of at least 4 members (excludes halogenated alkanes) is 2. The summed E-state index contributed by atoms with van der Waals surface area (Å²) in [7, 11) is 0. The second kappa shape index (κ2) is 16.1. The summed E-state index contributed by atoms with van der Waals surface area (Å²) < 4.78 is 5.39. The van der Waals surface area contributed by atoms with Crippen molar-refractivity contribution in [1.29, 1.82) is 0 Å². The van der Waals surface area contributed by atoms with Gasteiger partial charge in [-0.1, -0.05) is 56.9 Å². The van der Waals surface area contributed by atoms with Crippen molar-refractivity contribution in [2.45, 2.75) is 124 Å². The van der Waals surface area contributed by atoms with Gasteiger partial charge in [0.1, 0.15) is 17.7 Å². The van der Waals surface area contributed by atoms with Gasteiger partial charge in [0.2, 0.25) is 17.7 Å². The summed E-state index contributed by atoms with van der Waals surface area (Å²) in [6, 6.07) is 3.72. The Morgan fingerprint density at radius 3 is 2.21 bits per heavy atom. The number of nitrogens with one attached hydrogen (secondary N) is 2. The molecule has 0 heterocycles. The van der Waals surface area contributed by atoms with Gasteiger partial charge < -0.3 is 26.0 Å². The van der Waals surface area contributed by atoms with E-state index in [0.29, 0.717) is 13.0 Å². The summed E-state index contributed by atoms with van der Waals surface area (Å²) in [6.07, 6.45) is 3.29. The summed E-state index contributed by atoms with van der Waals surface area (Å²) in [4.78, 5) is 53.9. The molecule has 0 aliphatic heterocycles. The molecule has 0 aliphatic rings. The van der Waals surface area contributed by atoms with E-state index in [4.69, 9.17) is 10.5 Å². The fraction of sp³-hybridized carbons (Fsp3) is 0.667. The number of hydrogen-bond donors (Lipinski definition) is 3. The van der Waals surface area contributed by atoms with Crippen LogP contribution >= 0.6 is 0 Å². The van der Waals surface area contributed by atoms with Crippen molar-refractivity contribution in [1.82, 2.24) is 15.5 Å². The molecule has 3 atom stereocenters. The molecule has 4 amide bonds. The summed E-state index contributed by atoms with van der Waals surface area (Å²) in [6.45, 7) is 15.4. The molecule has 4 N–H and O–H groups in total. The molecule has 0 bridgehead atoms. The highest BCUT2D eigenvalue weighted by Crippen LogP contribution is 2.28. The van der Waals surface area contributed by atoms with Gasteiger partial charge in [0.05, 0.1) is 0 Å². The van der Waals surface area contributed by atoms with Crippen LogP contribution in [-0.4, -0.2) is 52.9 Å². The van der Waals surface area contributed by atoms with Gasteiger partial charge in [-0.15, -0.1) is 0 Å². The van der Waals surface area contributed by atoms with Crippen molar-refractivity contribution >= 4 is 23.8 Å². The van der Waals surface area contributed by atoms with Crippen LogP contribution in [0.4, 0.5) is 4.79 Å². The second-order valence-corrected chi connectivity index (χ2v) is 11.4. The van der Waals surface area contributed by atoms with Crippen molar-refractivity contribution in [3.05, 3.63) is 34.9 Å². The lowest BCUT2D eigenvalue weighted by atomic mass is 9.95. The first kappa shape index (κ1) is 33.9. The van der Waals surface area contributed by atoms with Gasteiger partial charge >= 0.3 is 6.09 Å². The lowest BCUT2D eigenvalue weighted by Gasteiger charge is -2.36. The van der Waals surface area contributed by atoms with Crippen LogP contribution in [0.2, 0.25) is 0 Å². The molecule has 0 aromatic heterocycles. The molecule has 0 radical (unpaired) electrons. The SMILES string of the molecule is CCCCCN(C(=O)C(CCC(N)=O)NC(=O)OC(C)(C)C)C(C(=O)NC(C)CCC)c1ccc(C)cc1C. The van der Waals surface area contributed by atoms with Crippen molar-refractivity contribution in [3.63, 3.8) is 0 Å². The van der Waals surface area contributed by atoms with Crippen LogP contribution < -0.4 is 16.4 Å². The zero-order valence-electron chi connectivity index (χ0n) is 25.2. The highest BCUT2D eigenvalue weighted by molar-refractivity contribution is 5.92. The van der Waals surface area contributed by atoms with Crippen LogP contribution in [0.25, 0.3) is 0 Å². The summed E-state index contributed by atoms with van der Waals surface area (Å²) >= 11 is 0. The van der Waals surface area contributed by atoms with E-state index in [1.165, 1.54) is 0 Å². The zero-order valence-corrected chi connectivity index (χ0v) is 25.2. The van der Waals surface area contributed by atoms with Gasteiger partial charge in [-0.3, -0.25) is 14.4 Å². The fourth-order valence-electron chi connectivity index (χ4n) is 4.50. The number of carbonyl (C=O) groups excluding carboxylic acids is 4. The van der Waals surface area contributed by atoms with Gasteiger partial charge in [0.25, 0.3) is 0 Å². The Labute approximate surface area is 234 Å². The highest BCUT2D eigenvalue weighted by Gasteiger charge is 2.37. The van der Waals surface area contributed by atoms with E-state index in [-0.39, 0.29) is 24.8 Å². The molecular formula is C30H50N4O5. The number of nitrogens with zero attached hydrogens (tertiary/aromatic N) is 1. The van der Waals surface area contributed by atoms with Crippen LogP contribution in [0.3, 0.4) is 0 Å². The number of nitrogens with two attached hydrogens (primary N) is 1. The lowest BCUT2D eigenvalue weighted by molar-refractivity contribution is -0.143. The van der Waals surface area contributed by atoms with Crippen molar-refractivity contribution < 1.29 is 23.9 Å². The number of primary amides is 1. The molecule has 0 fully saturated rings. The Morgan fingerprint density at radius 1 is 1.00 bits per heavy atom. The number of aryl methyl sites for hydroxylation is 2. The molecule has 39 heavy (non-hydrogen) atoms. The zero-order chi connectivity index (χ0) is 29.8. The first-order chi connectivity index (χ1) is 18.2. The average Bonchev–Trinajstić information content (AvgIpc) is 2.80. The third-order valence-electron chi connectivity index (χ3n) is 6.34. The van der Waals surface area contributed by atoms with Crippen LogP contribution in [0.15, 0.2) is 18.2 Å². The minimum atomic E-state index is -1.09. The molecule has 0 aliphatic carbocycles. The minimum Gasteiger partial charge on any atom is -0.444 e. The Balaban J connectivity index is 3.58. The minimum absolute atomic E-state index is 0.00879. The van der Waals surface area contributed by atoms with Gasteiger partial charge in [-0.05, 0) is 71.9 Å². The maximum absolute atomic E-state index is 14.2. The van der Waals surface area contributed by atoms with E-state index < -0.39 is 35.6 Å². The van der Waals surface area contributed by atoms with Crippen LogP contribution in [0, 0.1) is 13.8 Å². The maximum atomic E-state index is 14.2. The van der Waals surface area contributed by atoms with Crippen molar-refractivity contribution in [2.24, 2.45) is 5.73 Å². The third kappa shape index (κ3) is 12.1. The Bertz CT molecular complexity index is 973. The molecular weight excluding hydrogens is 496 g/mol. The number of hydrogen-bond acceptors (Lipinski definition) is 5. The predicted molar refractivity (Wildman–Crippen MR) is 154 cm³/mol. The van der Waals surface area contributed by atoms with Crippen molar-refractivity contribution in [3.8, 4) is 0 Å². The number of carbonyl (C=O) groups is 4. The van der Waals surface area contributed by atoms with E-state index in [0.717, 1.165) is 42.4 Å². The number of amides is 4. The van der Waals surface area contributed by atoms with E-state index in [2.05, 4.69) is 24.5 Å².